The zero-order valence-electron chi connectivity index (χ0n) is 10.7. The molecule has 86 valence electrons. The first-order valence-corrected chi connectivity index (χ1v) is 6.10. The number of nitrogens with zero attached hydrogens (tertiary/aromatic N) is 1. The average Bonchev–Trinajstić information content (AvgIpc) is 2.58. The Balaban J connectivity index is 2.43. The van der Waals surface area contributed by atoms with Gasteiger partial charge in [-0.05, 0) is 53.5 Å². The predicted octanol–water partition coefficient (Wildman–Crippen LogP) is 3.77. The van der Waals surface area contributed by atoms with Crippen molar-refractivity contribution < 1.29 is 0 Å². The van der Waals surface area contributed by atoms with Crippen molar-refractivity contribution in [1.82, 2.24) is 4.90 Å². The molecule has 1 rings (SSSR count). The van der Waals surface area contributed by atoms with E-state index in [2.05, 4.69) is 44.7 Å². The van der Waals surface area contributed by atoms with Crippen molar-refractivity contribution in [3.8, 4) is 0 Å². The van der Waals surface area contributed by atoms with E-state index in [1.807, 2.05) is 0 Å². The number of allylic oxidation sites excluding steroid dienone is 2. The summed E-state index contributed by atoms with van der Waals surface area (Å²) in [5, 5.41) is 0. The van der Waals surface area contributed by atoms with Crippen molar-refractivity contribution in [3.63, 3.8) is 0 Å². The first-order chi connectivity index (χ1) is 7.09. The number of rotatable bonds is 4. The van der Waals surface area contributed by atoms with Crippen LogP contribution in [0.3, 0.4) is 0 Å². The summed E-state index contributed by atoms with van der Waals surface area (Å²) in [6.45, 7) is 11.2. The zero-order chi connectivity index (χ0) is 11.3. The van der Waals surface area contributed by atoms with Crippen molar-refractivity contribution in [2.75, 3.05) is 13.1 Å². The second-order valence-electron chi connectivity index (χ2n) is 5.09. The SMILES string of the molecule is CC(C)=CC[C@@H]1CCCN1CC=C(C)C. The van der Waals surface area contributed by atoms with Gasteiger partial charge >= 0.3 is 0 Å². The molecule has 0 aromatic heterocycles. The predicted molar refractivity (Wildman–Crippen MR) is 68.1 cm³/mol. The number of likely N-dealkylation sites (tertiary alicyclic amines) is 1. The largest absolute Gasteiger partial charge is 0.296 e. The van der Waals surface area contributed by atoms with Crippen LogP contribution in [0.25, 0.3) is 0 Å². The monoisotopic (exact) mass is 207 g/mol. The molecule has 0 spiro atoms. The Morgan fingerprint density at radius 3 is 2.40 bits per heavy atom. The molecular weight excluding hydrogens is 182 g/mol. The highest BCUT2D eigenvalue weighted by Gasteiger charge is 2.21. The topological polar surface area (TPSA) is 3.24 Å². The van der Waals surface area contributed by atoms with Gasteiger partial charge in [0.25, 0.3) is 0 Å². The van der Waals surface area contributed by atoms with E-state index in [9.17, 15) is 0 Å². The lowest BCUT2D eigenvalue weighted by atomic mass is 10.1. The molecule has 0 amide bonds. The Morgan fingerprint density at radius 1 is 1.13 bits per heavy atom. The Bertz CT molecular complexity index is 216. The van der Waals surface area contributed by atoms with Crippen molar-refractivity contribution in [2.24, 2.45) is 0 Å². The minimum absolute atomic E-state index is 0.787. The van der Waals surface area contributed by atoms with E-state index in [1.165, 1.54) is 37.0 Å². The minimum Gasteiger partial charge on any atom is -0.296 e. The maximum Gasteiger partial charge on any atom is 0.0168 e. The van der Waals surface area contributed by atoms with E-state index < -0.39 is 0 Å². The standard InChI is InChI=1S/C14H25N/c1-12(2)7-8-14-6-5-10-15(14)11-9-13(3)4/h7,9,14H,5-6,8,10-11H2,1-4H3/t14-/m0/s1. The van der Waals surface area contributed by atoms with Crippen LogP contribution in [0.15, 0.2) is 23.3 Å². The summed E-state index contributed by atoms with van der Waals surface area (Å²) >= 11 is 0. The second kappa shape index (κ2) is 6.12. The Morgan fingerprint density at radius 2 is 1.80 bits per heavy atom. The Hall–Kier alpha value is -0.560. The molecule has 1 aliphatic rings. The first-order valence-electron chi connectivity index (χ1n) is 6.10. The zero-order valence-corrected chi connectivity index (χ0v) is 10.7. The van der Waals surface area contributed by atoms with E-state index in [0.29, 0.717) is 0 Å². The molecule has 0 bridgehead atoms. The summed E-state index contributed by atoms with van der Waals surface area (Å²) in [7, 11) is 0. The summed E-state index contributed by atoms with van der Waals surface area (Å²) in [5.41, 5.74) is 2.88. The highest BCUT2D eigenvalue weighted by atomic mass is 15.2. The lowest BCUT2D eigenvalue weighted by Crippen LogP contribution is -2.29. The van der Waals surface area contributed by atoms with Gasteiger partial charge in [-0.1, -0.05) is 23.3 Å². The number of hydrogen-bond acceptors (Lipinski definition) is 1. The molecule has 0 N–H and O–H groups in total. The van der Waals surface area contributed by atoms with E-state index >= 15 is 0 Å². The van der Waals surface area contributed by atoms with Crippen LogP contribution in [0.5, 0.6) is 0 Å². The van der Waals surface area contributed by atoms with Crippen molar-refractivity contribution in [3.05, 3.63) is 23.3 Å². The van der Waals surface area contributed by atoms with Gasteiger partial charge in [-0.3, -0.25) is 4.90 Å². The molecular formula is C14H25N. The molecule has 1 fully saturated rings. The van der Waals surface area contributed by atoms with E-state index in [4.69, 9.17) is 0 Å². The molecule has 0 saturated carbocycles. The molecule has 15 heavy (non-hydrogen) atoms. The fourth-order valence-electron chi connectivity index (χ4n) is 2.07. The van der Waals surface area contributed by atoms with Crippen molar-refractivity contribution in [1.29, 1.82) is 0 Å². The van der Waals surface area contributed by atoms with Crippen LogP contribution >= 0.6 is 0 Å². The third-order valence-electron chi connectivity index (χ3n) is 3.03. The summed E-state index contributed by atoms with van der Waals surface area (Å²) in [4.78, 5) is 2.62. The van der Waals surface area contributed by atoms with Gasteiger partial charge in [-0.2, -0.15) is 0 Å². The molecule has 1 atom stereocenters. The lowest BCUT2D eigenvalue weighted by molar-refractivity contribution is 0.281. The van der Waals surface area contributed by atoms with Crippen molar-refractivity contribution >= 4 is 0 Å². The smallest absolute Gasteiger partial charge is 0.0168 e. The van der Waals surface area contributed by atoms with Crippen LogP contribution in [-0.4, -0.2) is 24.0 Å². The minimum atomic E-state index is 0.787. The quantitative estimate of drug-likeness (QED) is 0.634. The Kier molecular flexibility index (Phi) is 5.10. The van der Waals surface area contributed by atoms with Gasteiger partial charge in [0.15, 0.2) is 0 Å². The van der Waals surface area contributed by atoms with Gasteiger partial charge in [0.1, 0.15) is 0 Å². The summed E-state index contributed by atoms with van der Waals surface area (Å²) in [5.74, 6) is 0. The summed E-state index contributed by atoms with van der Waals surface area (Å²) in [6, 6.07) is 0.787. The van der Waals surface area contributed by atoms with Crippen LogP contribution in [0.1, 0.15) is 47.0 Å². The maximum atomic E-state index is 2.62. The molecule has 1 heteroatoms. The van der Waals surface area contributed by atoms with E-state index in [-0.39, 0.29) is 0 Å². The second-order valence-corrected chi connectivity index (χ2v) is 5.09. The highest BCUT2D eigenvalue weighted by molar-refractivity contribution is 5.00. The molecule has 1 nitrogen and oxygen atoms in total. The number of hydrogen-bond donors (Lipinski definition) is 0. The van der Waals surface area contributed by atoms with Crippen LogP contribution in [-0.2, 0) is 0 Å². The van der Waals surface area contributed by atoms with Gasteiger partial charge in [0.2, 0.25) is 0 Å². The van der Waals surface area contributed by atoms with E-state index in [1.54, 1.807) is 0 Å². The highest BCUT2D eigenvalue weighted by Crippen LogP contribution is 2.20. The lowest BCUT2D eigenvalue weighted by Gasteiger charge is -2.22. The third-order valence-corrected chi connectivity index (χ3v) is 3.03. The van der Waals surface area contributed by atoms with Gasteiger partial charge in [0, 0.05) is 12.6 Å². The summed E-state index contributed by atoms with van der Waals surface area (Å²) < 4.78 is 0. The molecule has 1 saturated heterocycles. The van der Waals surface area contributed by atoms with Gasteiger partial charge in [-0.15, -0.1) is 0 Å². The van der Waals surface area contributed by atoms with E-state index in [0.717, 1.165) is 12.6 Å². The molecule has 1 aliphatic heterocycles. The van der Waals surface area contributed by atoms with Gasteiger partial charge in [-0.25, -0.2) is 0 Å². The average molecular weight is 207 g/mol. The van der Waals surface area contributed by atoms with Gasteiger partial charge in [0.05, 0.1) is 0 Å². The maximum absolute atomic E-state index is 2.62. The van der Waals surface area contributed by atoms with Crippen molar-refractivity contribution in [2.45, 2.75) is 53.0 Å². The molecule has 1 heterocycles. The first kappa shape index (κ1) is 12.5. The molecule has 0 aliphatic carbocycles. The summed E-state index contributed by atoms with van der Waals surface area (Å²) in [6.07, 6.45) is 8.71. The van der Waals surface area contributed by atoms with Crippen LogP contribution in [0.4, 0.5) is 0 Å². The normalized spacial score (nSPS) is 21.5. The van der Waals surface area contributed by atoms with Crippen LogP contribution in [0, 0.1) is 0 Å². The Labute approximate surface area is 94.9 Å². The fraction of sp³-hybridized carbons (Fsp3) is 0.714. The molecule has 0 unspecified atom stereocenters. The molecule has 0 radical (unpaired) electrons. The van der Waals surface area contributed by atoms with Gasteiger partial charge < -0.3 is 0 Å². The van der Waals surface area contributed by atoms with Crippen LogP contribution in [0.2, 0.25) is 0 Å². The van der Waals surface area contributed by atoms with Crippen LogP contribution < -0.4 is 0 Å². The third kappa shape index (κ3) is 4.65. The molecule has 0 aromatic rings. The molecule has 0 aromatic carbocycles. The fourth-order valence-corrected chi connectivity index (χ4v) is 2.07.